The number of primary amides is 1. The van der Waals surface area contributed by atoms with Crippen LogP contribution in [0.5, 0.6) is 0 Å². The molecule has 1 aromatic heterocycles. The van der Waals surface area contributed by atoms with E-state index < -0.39 is 5.91 Å². The molecule has 0 radical (unpaired) electrons. The molecule has 0 atom stereocenters. The highest BCUT2D eigenvalue weighted by atomic mass is 16.1. The van der Waals surface area contributed by atoms with Crippen LogP contribution >= 0.6 is 0 Å². The number of rotatable bonds is 4. The second-order valence-electron chi connectivity index (χ2n) is 3.79. The quantitative estimate of drug-likeness (QED) is 0.725. The summed E-state index contributed by atoms with van der Waals surface area (Å²) >= 11 is 0. The summed E-state index contributed by atoms with van der Waals surface area (Å²) < 4.78 is 1.70. The monoisotopic (exact) mass is 194 g/mol. The van der Waals surface area contributed by atoms with Gasteiger partial charge in [0.25, 0.3) is 5.91 Å². The van der Waals surface area contributed by atoms with E-state index in [1.807, 2.05) is 0 Å². The highest BCUT2D eigenvalue weighted by Crippen LogP contribution is 2.32. The molecule has 4 N–H and O–H groups in total. The van der Waals surface area contributed by atoms with Crippen LogP contribution in [0, 0.1) is 5.92 Å². The Morgan fingerprint density at radius 3 is 2.86 bits per heavy atom. The molecule has 1 saturated carbocycles. The van der Waals surface area contributed by atoms with Gasteiger partial charge in [-0.2, -0.15) is 5.10 Å². The average molecular weight is 194 g/mol. The van der Waals surface area contributed by atoms with Crippen molar-refractivity contribution in [2.24, 2.45) is 11.7 Å². The fourth-order valence-corrected chi connectivity index (χ4v) is 1.46. The number of hydrogen-bond donors (Lipinski definition) is 2. The molecule has 1 heterocycles. The van der Waals surface area contributed by atoms with E-state index in [0.717, 1.165) is 18.9 Å². The minimum atomic E-state index is -0.562. The molecule has 0 saturated heterocycles. The predicted molar refractivity (Wildman–Crippen MR) is 52.5 cm³/mol. The highest BCUT2D eigenvalue weighted by molar-refractivity contribution is 5.95. The molecule has 76 valence electrons. The minimum Gasteiger partial charge on any atom is -0.396 e. The largest absolute Gasteiger partial charge is 0.396 e. The first-order valence-corrected chi connectivity index (χ1v) is 4.79. The van der Waals surface area contributed by atoms with Crippen molar-refractivity contribution in [3.8, 4) is 0 Å². The fourth-order valence-electron chi connectivity index (χ4n) is 1.46. The van der Waals surface area contributed by atoms with Crippen molar-refractivity contribution >= 4 is 11.6 Å². The van der Waals surface area contributed by atoms with Gasteiger partial charge in [0.1, 0.15) is 0 Å². The number of nitrogens with zero attached hydrogens (tertiary/aromatic N) is 2. The lowest BCUT2D eigenvalue weighted by atomic mass is 10.3. The van der Waals surface area contributed by atoms with Crippen molar-refractivity contribution in [2.75, 3.05) is 5.73 Å². The van der Waals surface area contributed by atoms with E-state index in [9.17, 15) is 4.79 Å². The van der Waals surface area contributed by atoms with Crippen LogP contribution < -0.4 is 11.5 Å². The van der Waals surface area contributed by atoms with E-state index in [0.29, 0.717) is 5.69 Å². The maximum absolute atomic E-state index is 10.9. The number of carbonyl (C=O) groups excluding carboxylic acids is 1. The van der Waals surface area contributed by atoms with Crippen LogP contribution in [0.1, 0.15) is 29.8 Å². The average Bonchev–Trinajstić information content (AvgIpc) is 2.86. The third-order valence-corrected chi connectivity index (χ3v) is 2.49. The van der Waals surface area contributed by atoms with Crippen LogP contribution in [0.4, 0.5) is 5.69 Å². The summed E-state index contributed by atoms with van der Waals surface area (Å²) in [7, 11) is 0. The second kappa shape index (κ2) is 3.32. The second-order valence-corrected chi connectivity index (χ2v) is 3.79. The van der Waals surface area contributed by atoms with Crippen molar-refractivity contribution in [3.05, 3.63) is 11.9 Å². The third kappa shape index (κ3) is 1.86. The van der Waals surface area contributed by atoms with Gasteiger partial charge in [-0.25, -0.2) is 0 Å². The summed E-state index contributed by atoms with van der Waals surface area (Å²) in [4.78, 5) is 10.9. The topological polar surface area (TPSA) is 86.9 Å². The maximum atomic E-state index is 10.9. The van der Waals surface area contributed by atoms with Crippen molar-refractivity contribution in [3.63, 3.8) is 0 Å². The zero-order valence-corrected chi connectivity index (χ0v) is 7.94. The van der Waals surface area contributed by atoms with Crippen LogP contribution in [-0.2, 0) is 6.54 Å². The van der Waals surface area contributed by atoms with Gasteiger partial charge in [0.05, 0.1) is 5.69 Å². The van der Waals surface area contributed by atoms with Crippen LogP contribution in [-0.4, -0.2) is 15.7 Å². The highest BCUT2D eigenvalue weighted by Gasteiger charge is 2.21. The number of hydrogen-bond acceptors (Lipinski definition) is 3. The summed E-state index contributed by atoms with van der Waals surface area (Å²) in [5.41, 5.74) is 11.2. The van der Waals surface area contributed by atoms with E-state index in [1.165, 1.54) is 12.8 Å². The van der Waals surface area contributed by atoms with Crippen molar-refractivity contribution < 1.29 is 4.79 Å². The number of aryl methyl sites for hydroxylation is 1. The van der Waals surface area contributed by atoms with Gasteiger partial charge in [0.15, 0.2) is 5.69 Å². The molecule has 1 fully saturated rings. The predicted octanol–water partition coefficient (Wildman–Crippen LogP) is 0.364. The normalized spacial score (nSPS) is 15.7. The van der Waals surface area contributed by atoms with Gasteiger partial charge in [-0.15, -0.1) is 0 Å². The number of nitrogens with two attached hydrogens (primary N) is 2. The molecule has 0 bridgehead atoms. The van der Waals surface area contributed by atoms with Gasteiger partial charge in [-0.1, -0.05) is 12.8 Å². The summed E-state index contributed by atoms with van der Waals surface area (Å²) in [6.45, 7) is 0.822. The molecule has 0 aromatic carbocycles. The number of amides is 1. The number of nitrogen functional groups attached to an aromatic ring is 1. The Morgan fingerprint density at radius 2 is 2.36 bits per heavy atom. The standard InChI is InChI=1S/C9H14N4O/c10-7-5-13(4-3-6-1-2-6)12-8(7)9(11)14/h5-6H,1-4,10H2,(H2,11,14). The Balaban J connectivity index is 2.02. The summed E-state index contributed by atoms with van der Waals surface area (Å²) in [6, 6.07) is 0. The molecular weight excluding hydrogens is 180 g/mol. The lowest BCUT2D eigenvalue weighted by molar-refractivity contribution is 0.0995. The minimum absolute atomic E-state index is 0.181. The fraction of sp³-hybridized carbons (Fsp3) is 0.556. The van der Waals surface area contributed by atoms with E-state index in [2.05, 4.69) is 5.10 Å². The Kier molecular flexibility index (Phi) is 2.15. The lowest BCUT2D eigenvalue weighted by Gasteiger charge is -1.97. The number of anilines is 1. The first-order chi connectivity index (χ1) is 6.66. The van der Waals surface area contributed by atoms with E-state index >= 15 is 0 Å². The molecule has 1 aliphatic carbocycles. The Morgan fingerprint density at radius 1 is 1.64 bits per heavy atom. The maximum Gasteiger partial charge on any atom is 0.271 e. The molecule has 1 amide bonds. The first kappa shape index (κ1) is 9.05. The van der Waals surface area contributed by atoms with E-state index in [4.69, 9.17) is 11.5 Å². The molecule has 14 heavy (non-hydrogen) atoms. The van der Waals surface area contributed by atoms with Crippen molar-refractivity contribution in [2.45, 2.75) is 25.8 Å². The van der Waals surface area contributed by atoms with Crippen molar-refractivity contribution in [1.82, 2.24) is 9.78 Å². The molecule has 1 aliphatic rings. The summed E-state index contributed by atoms with van der Waals surface area (Å²) in [6.07, 6.45) is 5.42. The number of aromatic nitrogens is 2. The van der Waals surface area contributed by atoms with Crippen LogP contribution in [0.15, 0.2) is 6.20 Å². The molecule has 0 unspecified atom stereocenters. The van der Waals surface area contributed by atoms with Crippen LogP contribution in [0.3, 0.4) is 0 Å². The van der Waals surface area contributed by atoms with Gasteiger partial charge in [-0.3, -0.25) is 9.48 Å². The SMILES string of the molecule is NC(=O)c1nn(CCC2CC2)cc1N. The molecule has 5 heteroatoms. The summed E-state index contributed by atoms with van der Waals surface area (Å²) in [5.74, 6) is 0.283. The van der Waals surface area contributed by atoms with Gasteiger partial charge in [0.2, 0.25) is 0 Å². The Hall–Kier alpha value is -1.52. The van der Waals surface area contributed by atoms with E-state index in [-0.39, 0.29) is 5.69 Å². The van der Waals surface area contributed by atoms with Gasteiger partial charge >= 0.3 is 0 Å². The van der Waals surface area contributed by atoms with Gasteiger partial charge in [0, 0.05) is 12.7 Å². The first-order valence-electron chi connectivity index (χ1n) is 4.79. The molecule has 0 spiro atoms. The summed E-state index contributed by atoms with van der Waals surface area (Å²) in [5, 5.41) is 4.03. The van der Waals surface area contributed by atoms with Crippen LogP contribution in [0.25, 0.3) is 0 Å². The zero-order valence-electron chi connectivity index (χ0n) is 7.94. The smallest absolute Gasteiger partial charge is 0.271 e. The third-order valence-electron chi connectivity index (χ3n) is 2.49. The zero-order chi connectivity index (χ0) is 10.1. The number of carbonyl (C=O) groups is 1. The van der Waals surface area contributed by atoms with Gasteiger partial charge in [-0.05, 0) is 12.3 Å². The Bertz CT molecular complexity index is 354. The lowest BCUT2D eigenvalue weighted by Crippen LogP contribution is -2.14. The van der Waals surface area contributed by atoms with Crippen LogP contribution in [0.2, 0.25) is 0 Å². The molecule has 2 rings (SSSR count). The molecule has 5 nitrogen and oxygen atoms in total. The Labute approximate surface area is 82.1 Å². The molecule has 0 aliphatic heterocycles. The van der Waals surface area contributed by atoms with E-state index in [1.54, 1.807) is 10.9 Å². The molecule has 1 aromatic rings. The van der Waals surface area contributed by atoms with Gasteiger partial charge < -0.3 is 11.5 Å². The van der Waals surface area contributed by atoms with Crippen molar-refractivity contribution in [1.29, 1.82) is 0 Å². The molecular formula is C9H14N4O.